The van der Waals surface area contributed by atoms with Crippen molar-refractivity contribution >= 4 is 27.5 Å². The Kier molecular flexibility index (Phi) is 3.81. The highest BCUT2D eigenvalue weighted by molar-refractivity contribution is 7.16. The first-order valence-corrected chi connectivity index (χ1v) is 7.72. The maximum absolute atomic E-state index is 12.1. The molecule has 4 nitrogen and oxygen atoms in total. The number of aromatic nitrogens is 1. The van der Waals surface area contributed by atoms with Crippen LogP contribution in [-0.2, 0) is 11.3 Å². The third-order valence-corrected chi connectivity index (χ3v) is 4.53. The van der Waals surface area contributed by atoms with Crippen molar-refractivity contribution < 1.29 is 9.53 Å². The quantitative estimate of drug-likeness (QED) is 0.551. The van der Waals surface area contributed by atoms with Gasteiger partial charge >= 0.3 is 10.8 Å². The fourth-order valence-corrected chi connectivity index (χ4v) is 3.12. The Balaban J connectivity index is 1.82. The summed E-state index contributed by atoms with van der Waals surface area (Å²) in [5.74, 6) is 0.0505. The number of rotatable bonds is 3. The maximum atomic E-state index is 12.1. The van der Waals surface area contributed by atoms with Gasteiger partial charge in [-0.05, 0) is 49.2 Å². The number of carbonyl (C=O) groups is 1. The topological polar surface area (TPSA) is 48.3 Å². The van der Waals surface area contributed by atoms with Gasteiger partial charge in [0.1, 0.15) is 12.3 Å². The predicted octanol–water partition coefficient (Wildman–Crippen LogP) is 3.29. The minimum absolute atomic E-state index is 0.0875. The van der Waals surface area contributed by atoms with E-state index >= 15 is 0 Å². The lowest BCUT2D eigenvalue weighted by Crippen LogP contribution is -2.22. The van der Waals surface area contributed by atoms with Crippen molar-refractivity contribution in [2.75, 3.05) is 0 Å². The lowest BCUT2D eigenvalue weighted by atomic mass is 10.1. The van der Waals surface area contributed by atoms with Crippen LogP contribution in [0.5, 0.6) is 5.75 Å². The van der Waals surface area contributed by atoms with Crippen molar-refractivity contribution in [2.45, 2.75) is 20.4 Å². The molecule has 0 amide bonds. The second kappa shape index (κ2) is 5.77. The number of nitrogens with zero attached hydrogens (tertiary/aromatic N) is 1. The number of ether oxygens (including phenoxy) is 1. The molecular formula is C17H15NO3S. The summed E-state index contributed by atoms with van der Waals surface area (Å²) in [6, 6.07) is 12.9. The van der Waals surface area contributed by atoms with Gasteiger partial charge < -0.3 is 4.74 Å². The summed E-state index contributed by atoms with van der Waals surface area (Å²) < 4.78 is 7.65. The molecule has 0 unspecified atom stereocenters. The van der Waals surface area contributed by atoms with E-state index in [0.717, 1.165) is 32.7 Å². The van der Waals surface area contributed by atoms with Crippen molar-refractivity contribution in [3.05, 3.63) is 63.3 Å². The summed E-state index contributed by atoms with van der Waals surface area (Å²) in [7, 11) is 0. The van der Waals surface area contributed by atoms with E-state index in [4.69, 9.17) is 4.74 Å². The van der Waals surface area contributed by atoms with Crippen LogP contribution in [0.25, 0.3) is 10.2 Å². The van der Waals surface area contributed by atoms with Crippen molar-refractivity contribution in [3.8, 4) is 5.75 Å². The second-order valence-electron chi connectivity index (χ2n) is 5.14. The van der Waals surface area contributed by atoms with E-state index in [1.54, 1.807) is 6.07 Å². The molecule has 0 aliphatic carbocycles. The monoisotopic (exact) mass is 313 g/mol. The normalized spacial score (nSPS) is 10.8. The summed E-state index contributed by atoms with van der Waals surface area (Å²) >= 11 is 1.13. The average Bonchev–Trinajstić information content (AvgIpc) is 2.79. The SMILES string of the molecule is Cc1ccc(OC(=O)Cn2c(=O)sc3ccccc32)cc1C. The largest absolute Gasteiger partial charge is 0.425 e. The van der Waals surface area contributed by atoms with E-state index in [2.05, 4.69) is 0 Å². The van der Waals surface area contributed by atoms with Gasteiger partial charge in [-0.3, -0.25) is 9.36 Å². The molecule has 112 valence electrons. The molecule has 3 rings (SSSR count). The Labute approximate surface area is 131 Å². The Bertz CT molecular complexity index is 908. The highest BCUT2D eigenvalue weighted by Crippen LogP contribution is 2.18. The summed E-state index contributed by atoms with van der Waals surface area (Å²) in [4.78, 5) is 23.9. The maximum Gasteiger partial charge on any atom is 0.331 e. The first-order valence-electron chi connectivity index (χ1n) is 6.91. The average molecular weight is 313 g/mol. The summed E-state index contributed by atoms with van der Waals surface area (Å²) in [5, 5.41) is 0. The third-order valence-electron chi connectivity index (χ3n) is 3.57. The van der Waals surface area contributed by atoms with Crippen molar-refractivity contribution in [2.24, 2.45) is 0 Å². The van der Waals surface area contributed by atoms with Crippen molar-refractivity contribution in [1.29, 1.82) is 0 Å². The molecule has 2 aromatic carbocycles. The van der Waals surface area contributed by atoms with Gasteiger partial charge in [-0.2, -0.15) is 0 Å². The van der Waals surface area contributed by atoms with Crippen LogP contribution >= 0.6 is 11.3 Å². The Morgan fingerprint density at radius 2 is 1.91 bits per heavy atom. The minimum Gasteiger partial charge on any atom is -0.425 e. The van der Waals surface area contributed by atoms with Gasteiger partial charge in [-0.15, -0.1) is 0 Å². The number of esters is 1. The molecule has 0 fully saturated rings. The van der Waals surface area contributed by atoms with E-state index in [1.807, 2.05) is 50.2 Å². The van der Waals surface area contributed by atoms with Gasteiger partial charge in [-0.1, -0.05) is 29.5 Å². The first-order chi connectivity index (χ1) is 10.5. The molecular weight excluding hydrogens is 298 g/mol. The fourth-order valence-electron chi connectivity index (χ4n) is 2.23. The molecule has 0 aliphatic heterocycles. The number of fused-ring (bicyclic) bond motifs is 1. The van der Waals surface area contributed by atoms with Crippen LogP contribution in [-0.4, -0.2) is 10.5 Å². The van der Waals surface area contributed by atoms with E-state index < -0.39 is 5.97 Å². The molecule has 0 spiro atoms. The van der Waals surface area contributed by atoms with Crippen LogP contribution < -0.4 is 9.61 Å². The standard InChI is InChI=1S/C17H15NO3S/c1-11-7-8-13(9-12(11)2)21-16(19)10-18-14-5-3-4-6-15(14)22-17(18)20/h3-9H,10H2,1-2H3. The van der Waals surface area contributed by atoms with Crippen LogP contribution in [0, 0.1) is 13.8 Å². The molecule has 0 bridgehead atoms. The predicted molar refractivity (Wildman–Crippen MR) is 87.6 cm³/mol. The number of para-hydroxylation sites is 1. The molecule has 0 saturated heterocycles. The molecule has 1 aromatic heterocycles. The van der Waals surface area contributed by atoms with Crippen molar-refractivity contribution in [3.63, 3.8) is 0 Å². The van der Waals surface area contributed by atoms with Crippen LogP contribution in [0.4, 0.5) is 0 Å². The lowest BCUT2D eigenvalue weighted by Gasteiger charge is -2.07. The second-order valence-corrected chi connectivity index (χ2v) is 6.14. The molecule has 3 aromatic rings. The molecule has 22 heavy (non-hydrogen) atoms. The Hall–Kier alpha value is -2.40. The number of hydrogen-bond donors (Lipinski definition) is 0. The fraction of sp³-hybridized carbons (Fsp3) is 0.176. The van der Waals surface area contributed by atoms with Crippen LogP contribution in [0.1, 0.15) is 11.1 Å². The van der Waals surface area contributed by atoms with Crippen molar-refractivity contribution in [1.82, 2.24) is 4.57 Å². The van der Waals surface area contributed by atoms with Crippen LogP contribution in [0.3, 0.4) is 0 Å². The van der Waals surface area contributed by atoms with E-state index in [1.165, 1.54) is 4.57 Å². The lowest BCUT2D eigenvalue weighted by molar-refractivity contribution is -0.135. The molecule has 0 N–H and O–H groups in total. The van der Waals surface area contributed by atoms with Gasteiger partial charge in [0.25, 0.3) is 0 Å². The summed E-state index contributed by atoms with van der Waals surface area (Å²) in [6.07, 6.45) is 0. The highest BCUT2D eigenvalue weighted by atomic mass is 32.1. The number of hydrogen-bond acceptors (Lipinski definition) is 4. The molecule has 0 radical (unpaired) electrons. The number of thiazole rings is 1. The molecule has 5 heteroatoms. The number of carbonyl (C=O) groups excluding carboxylic acids is 1. The zero-order chi connectivity index (χ0) is 15.7. The molecule has 1 heterocycles. The molecule has 0 aliphatic rings. The van der Waals surface area contributed by atoms with Gasteiger partial charge in [0, 0.05) is 0 Å². The van der Waals surface area contributed by atoms with Crippen LogP contribution in [0.2, 0.25) is 0 Å². The smallest absolute Gasteiger partial charge is 0.331 e. The Morgan fingerprint density at radius 1 is 1.14 bits per heavy atom. The highest BCUT2D eigenvalue weighted by Gasteiger charge is 2.12. The van der Waals surface area contributed by atoms with E-state index in [9.17, 15) is 9.59 Å². The molecule has 0 atom stereocenters. The molecule has 0 saturated carbocycles. The number of aryl methyl sites for hydroxylation is 2. The van der Waals surface area contributed by atoms with E-state index in [0.29, 0.717) is 5.75 Å². The minimum atomic E-state index is -0.450. The third kappa shape index (κ3) is 2.80. The zero-order valence-corrected chi connectivity index (χ0v) is 13.1. The zero-order valence-electron chi connectivity index (χ0n) is 12.3. The van der Waals surface area contributed by atoms with Gasteiger partial charge in [-0.25, -0.2) is 4.79 Å². The van der Waals surface area contributed by atoms with Gasteiger partial charge in [0.2, 0.25) is 0 Å². The van der Waals surface area contributed by atoms with Gasteiger partial charge in [0.05, 0.1) is 10.2 Å². The Morgan fingerprint density at radius 3 is 2.68 bits per heavy atom. The number of benzene rings is 2. The van der Waals surface area contributed by atoms with Crippen LogP contribution in [0.15, 0.2) is 47.3 Å². The summed E-state index contributed by atoms with van der Waals surface area (Å²) in [6.45, 7) is 3.87. The van der Waals surface area contributed by atoms with Gasteiger partial charge in [0.15, 0.2) is 0 Å². The van der Waals surface area contributed by atoms with E-state index in [-0.39, 0.29) is 11.4 Å². The first kappa shape index (κ1) is 14.5. The summed E-state index contributed by atoms with van der Waals surface area (Å²) in [5.41, 5.74) is 2.96.